The molecule has 20 heteroatoms. The van der Waals surface area contributed by atoms with Gasteiger partial charge in [-0.2, -0.15) is 27.2 Å². The van der Waals surface area contributed by atoms with Crippen molar-refractivity contribution < 1.29 is 35.5 Å². The third-order valence-electron chi connectivity index (χ3n) is 8.58. The average molecular weight is 868 g/mol. The largest absolute Gasteiger partial charge is 0.372 e. The quantitative estimate of drug-likeness (QED) is 0.0684. The number of hydrogen-bond acceptors (Lipinski definition) is 11. The van der Waals surface area contributed by atoms with Gasteiger partial charge in [0, 0.05) is 35.4 Å². The molecule has 0 aliphatic carbocycles. The van der Waals surface area contributed by atoms with E-state index < -0.39 is 47.3 Å². The van der Waals surface area contributed by atoms with Gasteiger partial charge in [0.25, 0.3) is 32.1 Å². The lowest BCUT2D eigenvalue weighted by atomic mass is 9.90. The fraction of sp³-hybridized carbons (Fsp3) is 0.211. The number of benzene rings is 4. The summed E-state index contributed by atoms with van der Waals surface area (Å²) in [6, 6.07) is 19.7. The molecule has 0 radical (unpaired) electrons. The Morgan fingerprint density at radius 1 is 0.862 bits per heavy atom. The molecule has 302 valence electrons. The molecule has 5 aromatic rings. The molecule has 0 bridgehead atoms. The maximum atomic E-state index is 13.6. The van der Waals surface area contributed by atoms with Crippen molar-refractivity contribution in [1.82, 2.24) is 9.78 Å². The Morgan fingerprint density at radius 2 is 1.52 bits per heavy atom. The molecule has 4 N–H and O–H groups in total. The lowest BCUT2D eigenvalue weighted by Gasteiger charge is -2.22. The number of carbonyl (C=O) groups is 2. The zero-order chi connectivity index (χ0) is 42.7. The van der Waals surface area contributed by atoms with Crippen LogP contribution in [0.4, 0.5) is 28.6 Å². The molecule has 0 saturated heterocycles. The minimum Gasteiger partial charge on any atom is -0.372 e. The Morgan fingerprint density at radius 3 is 2.10 bits per heavy atom. The zero-order valence-electron chi connectivity index (χ0n) is 31.5. The first-order valence-electron chi connectivity index (χ1n) is 17.3. The Hall–Kier alpha value is -5.68. The summed E-state index contributed by atoms with van der Waals surface area (Å²) >= 11 is 13.6. The van der Waals surface area contributed by atoms with Crippen molar-refractivity contribution in [1.29, 1.82) is 5.26 Å². The zero-order valence-corrected chi connectivity index (χ0v) is 34.7. The van der Waals surface area contributed by atoms with Crippen molar-refractivity contribution in [2.24, 2.45) is 10.2 Å². The fourth-order valence-corrected chi connectivity index (χ4v) is 7.66. The Balaban J connectivity index is 1.61. The van der Waals surface area contributed by atoms with Gasteiger partial charge in [-0.25, -0.2) is 4.68 Å². The van der Waals surface area contributed by atoms with E-state index in [1.165, 1.54) is 47.1 Å². The van der Waals surface area contributed by atoms with Gasteiger partial charge in [-0.3, -0.25) is 18.7 Å². The molecule has 4 aromatic carbocycles. The molecule has 58 heavy (non-hydrogen) atoms. The Kier molecular flexibility index (Phi) is 12.8. The van der Waals surface area contributed by atoms with E-state index in [9.17, 15) is 40.8 Å². The number of aromatic nitrogens is 2. The summed E-state index contributed by atoms with van der Waals surface area (Å²) in [6.45, 7) is 10.6. The molecule has 5 rings (SSSR count). The minimum atomic E-state index is -4.76. The highest BCUT2D eigenvalue weighted by Gasteiger charge is 2.30. The number of nitriles is 1. The second-order valence-corrected chi connectivity index (χ2v) is 17.2. The van der Waals surface area contributed by atoms with Crippen LogP contribution in [-0.2, 0) is 25.7 Å². The summed E-state index contributed by atoms with van der Waals surface area (Å²) in [6.07, 6.45) is 0. The maximum Gasteiger partial charge on any atom is 0.295 e. The van der Waals surface area contributed by atoms with E-state index in [1.807, 2.05) is 39.5 Å². The van der Waals surface area contributed by atoms with Gasteiger partial charge in [0.2, 0.25) is 0 Å². The number of carbonyl (C=O) groups excluding carboxylic acids is 2. The minimum absolute atomic E-state index is 0.0203. The molecule has 0 spiro atoms. The van der Waals surface area contributed by atoms with Crippen molar-refractivity contribution in [2.45, 2.75) is 49.8 Å². The normalized spacial score (nSPS) is 12.0. The van der Waals surface area contributed by atoms with Crippen LogP contribution in [0.2, 0.25) is 10.0 Å². The molecule has 0 aliphatic heterocycles. The summed E-state index contributed by atoms with van der Waals surface area (Å²) in [7, 11) is -9.34. The molecule has 0 unspecified atom stereocenters. The molecule has 0 fully saturated rings. The first-order valence-corrected chi connectivity index (χ1v) is 20.9. The van der Waals surface area contributed by atoms with Gasteiger partial charge in [-0.1, -0.05) is 62.2 Å². The third-order valence-corrected chi connectivity index (χ3v) is 10.9. The Bertz CT molecular complexity index is 2720. The molecule has 0 atom stereocenters. The van der Waals surface area contributed by atoms with Crippen molar-refractivity contribution in [2.75, 3.05) is 28.6 Å². The molecule has 0 saturated carbocycles. The lowest BCUT2D eigenvalue weighted by Crippen LogP contribution is -2.22. The van der Waals surface area contributed by atoms with Crippen LogP contribution in [0.5, 0.6) is 0 Å². The molecule has 1 aromatic heterocycles. The maximum absolute atomic E-state index is 13.6. The van der Waals surface area contributed by atoms with E-state index >= 15 is 0 Å². The number of halogens is 2. The van der Waals surface area contributed by atoms with Gasteiger partial charge < -0.3 is 15.5 Å². The van der Waals surface area contributed by atoms with E-state index in [0.717, 1.165) is 18.2 Å². The Labute approximate surface area is 344 Å². The predicted molar refractivity (Wildman–Crippen MR) is 220 cm³/mol. The van der Waals surface area contributed by atoms with Crippen molar-refractivity contribution in [3.8, 4) is 11.8 Å². The van der Waals surface area contributed by atoms with E-state index in [-0.39, 0.29) is 55.3 Å². The van der Waals surface area contributed by atoms with E-state index in [1.54, 1.807) is 18.2 Å². The first-order chi connectivity index (χ1) is 27.2. The number of amides is 2. The summed E-state index contributed by atoms with van der Waals surface area (Å²) < 4.78 is 67.8. The topological polar surface area (TPSA) is 237 Å². The second-order valence-electron chi connectivity index (χ2n) is 13.6. The summed E-state index contributed by atoms with van der Waals surface area (Å²) in [5, 5.41) is 29.1. The number of nitrogens with one attached hydrogen (secondary N) is 2. The smallest absolute Gasteiger partial charge is 0.295 e. The van der Waals surface area contributed by atoms with Gasteiger partial charge in [0.1, 0.15) is 27.9 Å². The van der Waals surface area contributed by atoms with Crippen LogP contribution >= 0.6 is 23.2 Å². The van der Waals surface area contributed by atoms with Crippen molar-refractivity contribution in [3.05, 3.63) is 111 Å². The number of azo groups is 1. The molecule has 2 amide bonds. The fourth-order valence-electron chi connectivity index (χ4n) is 5.79. The van der Waals surface area contributed by atoms with Crippen LogP contribution in [-0.4, -0.2) is 60.6 Å². The highest BCUT2D eigenvalue weighted by molar-refractivity contribution is 7.86. The average Bonchev–Trinajstić information content (AvgIpc) is 3.52. The number of hydrogen-bond donors (Lipinski definition) is 4. The van der Waals surface area contributed by atoms with Crippen LogP contribution < -0.4 is 15.5 Å². The summed E-state index contributed by atoms with van der Waals surface area (Å²) in [5.41, 5.74) is 0.269. The second kappa shape index (κ2) is 17.0. The third kappa shape index (κ3) is 9.53. The monoisotopic (exact) mass is 866 g/mol. The van der Waals surface area contributed by atoms with Crippen LogP contribution in [0.1, 0.15) is 66.6 Å². The number of rotatable bonds is 12. The highest BCUT2D eigenvalue weighted by atomic mass is 35.5. The van der Waals surface area contributed by atoms with Crippen molar-refractivity contribution >= 4 is 83.8 Å². The lowest BCUT2D eigenvalue weighted by molar-refractivity contribution is 0.101. The van der Waals surface area contributed by atoms with Crippen LogP contribution in [0.25, 0.3) is 5.69 Å². The first kappa shape index (κ1) is 43.4. The van der Waals surface area contributed by atoms with Crippen molar-refractivity contribution in [3.63, 3.8) is 0 Å². The van der Waals surface area contributed by atoms with Gasteiger partial charge in [0.05, 0.1) is 31.9 Å². The van der Waals surface area contributed by atoms with Gasteiger partial charge in [0.15, 0.2) is 5.82 Å². The van der Waals surface area contributed by atoms with Gasteiger partial charge in [-0.05, 0) is 74.5 Å². The van der Waals surface area contributed by atoms with E-state index in [0.29, 0.717) is 24.5 Å². The molecule has 1 heterocycles. The highest BCUT2D eigenvalue weighted by Crippen LogP contribution is 2.40. The number of anilines is 3. The van der Waals surface area contributed by atoms with Gasteiger partial charge >= 0.3 is 0 Å². The predicted octanol–water partition coefficient (Wildman–Crippen LogP) is 8.61. The van der Waals surface area contributed by atoms with E-state index in [2.05, 4.69) is 32.0 Å². The van der Waals surface area contributed by atoms with Crippen LogP contribution in [0.15, 0.2) is 98.9 Å². The van der Waals surface area contributed by atoms with Crippen LogP contribution in [0, 0.1) is 11.3 Å². The summed E-state index contributed by atoms with van der Waals surface area (Å²) in [5.74, 6) is -1.70. The van der Waals surface area contributed by atoms with Gasteiger partial charge in [-0.15, -0.1) is 10.2 Å². The van der Waals surface area contributed by atoms with E-state index in [4.69, 9.17) is 23.2 Å². The molecule has 0 aliphatic rings. The molecular formula is C38H36Cl2N8O8S2. The molecule has 16 nitrogen and oxygen atoms in total. The molecular weight excluding hydrogens is 832 g/mol. The SMILES string of the molecule is CCN(CC)c1ccc(/N=N/c2c(C#N)c(C(C)(C)C)nn2-c2c(Cl)cc(NC(=O)c3cccc(S(=O)(=O)O)c3)cc2Cl)c(NC(=O)c2ccccc2S(=O)(=O)O)c1. The standard InChI is InChI=1S/C38H36Cl2N8O8S2/c1-6-47(7-2)24-15-16-30(31(20-24)43-37(50)26-13-8-9-14-32(26)58(54,55)56)44-45-35-27(21-41)34(38(3,4)5)46-48(35)33-28(39)18-23(19-29(33)40)42-36(49)22-11-10-12-25(17-22)57(51,52)53/h8-20H,6-7H2,1-5H3,(H,42,49)(H,43,50)(H,51,52,53)(H,54,55,56)/b45-44+. The summed E-state index contributed by atoms with van der Waals surface area (Å²) in [4.78, 5) is 27.5. The van der Waals surface area contributed by atoms with Crippen LogP contribution in [0.3, 0.4) is 0 Å². The number of nitrogens with zero attached hydrogens (tertiary/aromatic N) is 6.